The number of benzene rings is 2. The van der Waals surface area contributed by atoms with Crippen LogP contribution in [0.2, 0.25) is 0 Å². The van der Waals surface area contributed by atoms with E-state index in [1.807, 2.05) is 0 Å². The van der Waals surface area contributed by atoms with Gasteiger partial charge in [-0.05, 0) is 38.0 Å². The van der Waals surface area contributed by atoms with Crippen LogP contribution in [-0.4, -0.2) is 13.5 Å². The van der Waals surface area contributed by atoms with Crippen LogP contribution in [0, 0.1) is 6.92 Å². The Balaban J connectivity index is 3.05. The summed E-state index contributed by atoms with van der Waals surface area (Å²) < 4.78 is 141. The van der Waals surface area contributed by atoms with Gasteiger partial charge in [0.1, 0.15) is 11.8 Å². The van der Waals surface area contributed by atoms with Gasteiger partial charge in [-0.15, -0.1) is 0 Å². The number of rotatable bonds is 6. The largest absolute Gasteiger partial charge is 0.486 e. The van der Waals surface area contributed by atoms with Gasteiger partial charge in [-0.1, -0.05) is 47.9 Å². The SMILES string of the molecule is [2H]c1c([2H])c([2H])c([C@]([2H])(Oc2c([2H])c([2H])c(C)c([2H])c2[2H])C([2H])([2H])C([2H])([2H])NC([2H])([2H])[2H])c([2H])c1[2H]. The number of hydrogen-bond donors (Lipinski definition) is 1. The second kappa shape index (κ2) is 6.95. The van der Waals surface area contributed by atoms with Crippen molar-refractivity contribution in [1.82, 2.24) is 5.32 Å². The molecule has 2 rings (SSSR count). The molecular weight excluding hydrogens is 234 g/mol. The summed E-state index contributed by atoms with van der Waals surface area (Å²) in [5.74, 6) is -1.08. The molecule has 0 fully saturated rings. The summed E-state index contributed by atoms with van der Waals surface area (Å²) >= 11 is 0. The maximum atomic E-state index is 8.88. The lowest BCUT2D eigenvalue weighted by Crippen LogP contribution is -2.16. The molecule has 0 aromatic heterocycles. The van der Waals surface area contributed by atoms with Crippen LogP contribution >= 0.6 is 0 Å². The summed E-state index contributed by atoms with van der Waals surface area (Å²) in [4.78, 5) is 0. The second-order valence-electron chi connectivity index (χ2n) is 3.26. The van der Waals surface area contributed by atoms with Gasteiger partial charge in [0.2, 0.25) is 0 Å². The maximum Gasteiger partial charge on any atom is 0.125 e. The van der Waals surface area contributed by atoms with Crippen molar-refractivity contribution in [2.24, 2.45) is 0 Å². The van der Waals surface area contributed by atoms with Crippen LogP contribution in [0.3, 0.4) is 0 Å². The Labute approximate surface area is 139 Å². The van der Waals surface area contributed by atoms with E-state index in [0.717, 1.165) is 0 Å². The summed E-state index contributed by atoms with van der Waals surface area (Å²) in [7, 11) is 0. The highest BCUT2D eigenvalue weighted by Crippen LogP contribution is 2.24. The molecule has 100 valence electrons. The predicted molar refractivity (Wildman–Crippen MR) is 79.5 cm³/mol. The lowest BCUT2D eigenvalue weighted by atomic mass is 10.1. The van der Waals surface area contributed by atoms with Gasteiger partial charge in [0.05, 0.1) is 13.7 Å². The van der Waals surface area contributed by atoms with E-state index in [1.54, 1.807) is 0 Å². The zero-order chi connectivity index (χ0) is 28.3. The third-order valence-electron chi connectivity index (χ3n) is 1.90. The van der Waals surface area contributed by atoms with Crippen LogP contribution < -0.4 is 10.1 Å². The molecule has 0 heterocycles. The molecule has 0 aliphatic heterocycles. The Bertz CT molecular complexity index is 1150. The first-order valence-corrected chi connectivity index (χ1v) is 5.16. The summed E-state index contributed by atoms with van der Waals surface area (Å²) in [5.41, 5.74) is -1.40. The minimum Gasteiger partial charge on any atom is -0.486 e. The average molecular weight is 272 g/mol. The maximum absolute atomic E-state index is 8.88. The molecule has 0 bridgehead atoms. The van der Waals surface area contributed by atoms with Crippen LogP contribution in [0.5, 0.6) is 5.75 Å². The van der Waals surface area contributed by atoms with Crippen molar-refractivity contribution < 1.29 is 28.0 Å². The summed E-state index contributed by atoms with van der Waals surface area (Å²) in [5, 5.41) is 1.37. The summed E-state index contributed by atoms with van der Waals surface area (Å²) in [6.07, 6.45) is -7.65. The van der Waals surface area contributed by atoms with E-state index in [-0.39, 0.29) is 5.56 Å². The number of hydrogen-bond acceptors (Lipinski definition) is 2. The first-order valence-electron chi connectivity index (χ1n) is 13.7. The topological polar surface area (TPSA) is 21.3 Å². The summed E-state index contributed by atoms with van der Waals surface area (Å²) in [6.45, 7) is -5.77. The molecule has 0 aliphatic carbocycles. The van der Waals surface area contributed by atoms with Gasteiger partial charge in [0.25, 0.3) is 0 Å². The molecule has 2 aromatic rings. The van der Waals surface area contributed by atoms with Gasteiger partial charge in [0, 0.05) is 16.0 Å². The molecule has 0 amide bonds. The van der Waals surface area contributed by atoms with E-state index in [1.165, 1.54) is 12.2 Å². The van der Waals surface area contributed by atoms with E-state index < -0.39 is 91.6 Å². The Kier molecular flexibility index (Phi) is 1.33. The van der Waals surface area contributed by atoms with Gasteiger partial charge in [-0.2, -0.15) is 0 Å². The van der Waals surface area contributed by atoms with Crippen molar-refractivity contribution in [2.75, 3.05) is 13.5 Å². The van der Waals surface area contributed by atoms with Gasteiger partial charge >= 0.3 is 0 Å². The van der Waals surface area contributed by atoms with E-state index >= 15 is 0 Å². The first-order chi connectivity index (χ1) is 16.0. The van der Waals surface area contributed by atoms with Crippen LogP contribution in [0.25, 0.3) is 0 Å². The third kappa shape index (κ3) is 4.11. The standard InChI is InChI=1S/C17H21NO/c1-14-8-10-16(11-9-14)19-17(12-13-18-2)15-6-4-3-5-7-15/h3-11,17-18H,12-13H2,1-2H3/t17-/m1/s1/i2D3,3D,4D,5D,6D,7D,8D,9D,10D,11D,12D2,13D2,17D. The molecule has 0 radical (unpaired) electrons. The highest BCUT2D eigenvalue weighted by molar-refractivity contribution is 5.28. The monoisotopic (exact) mass is 272 g/mol. The first kappa shape index (κ1) is 3.64. The van der Waals surface area contributed by atoms with E-state index in [9.17, 15) is 0 Å². The minimum absolute atomic E-state index is 0.141. The lowest BCUT2D eigenvalue weighted by Gasteiger charge is -2.19. The molecule has 2 heteroatoms. The van der Waals surface area contributed by atoms with E-state index in [2.05, 4.69) is 0 Å². The molecule has 19 heavy (non-hydrogen) atoms. The van der Waals surface area contributed by atoms with Gasteiger partial charge < -0.3 is 10.1 Å². The zero-order valence-electron chi connectivity index (χ0n) is 26.9. The highest BCUT2D eigenvalue weighted by Gasteiger charge is 2.12. The smallest absolute Gasteiger partial charge is 0.125 e. The number of ether oxygens (including phenoxy) is 1. The molecule has 0 saturated carbocycles. The molecular formula is C17H21NO. The Morgan fingerprint density at radius 3 is 2.68 bits per heavy atom. The second-order valence-corrected chi connectivity index (χ2v) is 3.26. The Hall–Kier alpha value is -1.80. The van der Waals surface area contributed by atoms with Crippen molar-refractivity contribution in [3.63, 3.8) is 0 Å². The fraction of sp³-hybridized carbons (Fsp3) is 0.294. The van der Waals surface area contributed by atoms with Gasteiger partial charge in [-0.3, -0.25) is 0 Å². The van der Waals surface area contributed by atoms with E-state index in [0.29, 0.717) is 0 Å². The molecule has 1 N–H and O–H groups in total. The Morgan fingerprint density at radius 2 is 2.00 bits per heavy atom. The highest BCUT2D eigenvalue weighted by atomic mass is 16.5. The van der Waals surface area contributed by atoms with Crippen molar-refractivity contribution in [1.29, 1.82) is 0 Å². The predicted octanol–water partition coefficient (Wildman–Crippen LogP) is 3.72. The molecule has 2 aromatic carbocycles. The molecule has 2 nitrogen and oxygen atoms in total. The quantitative estimate of drug-likeness (QED) is 0.865. The van der Waals surface area contributed by atoms with Crippen molar-refractivity contribution >= 4 is 0 Å². The van der Waals surface area contributed by atoms with Crippen molar-refractivity contribution in [3.05, 3.63) is 65.5 Å². The van der Waals surface area contributed by atoms with Crippen LogP contribution in [0.4, 0.5) is 0 Å². The Morgan fingerprint density at radius 1 is 1.26 bits per heavy atom. The third-order valence-corrected chi connectivity index (χ3v) is 1.90. The summed E-state index contributed by atoms with van der Waals surface area (Å²) in [6, 6.07) is -8.55. The molecule has 0 unspecified atom stereocenters. The van der Waals surface area contributed by atoms with Crippen LogP contribution in [0.1, 0.15) is 46.9 Å². The lowest BCUT2D eigenvalue weighted by molar-refractivity contribution is 0.195. The van der Waals surface area contributed by atoms with E-state index in [4.69, 9.17) is 28.0 Å². The normalized spacial score (nSPS) is 28.8. The van der Waals surface area contributed by atoms with Gasteiger partial charge in [-0.25, -0.2) is 0 Å². The van der Waals surface area contributed by atoms with Gasteiger partial charge in [0.15, 0.2) is 0 Å². The zero-order valence-corrected chi connectivity index (χ0v) is 9.91. The van der Waals surface area contributed by atoms with Crippen LogP contribution in [-0.2, 0) is 0 Å². The molecule has 0 spiro atoms. The van der Waals surface area contributed by atoms with Crippen molar-refractivity contribution in [2.45, 2.75) is 19.4 Å². The van der Waals surface area contributed by atoms with Crippen LogP contribution in [0.15, 0.2) is 54.4 Å². The minimum atomic E-state index is -3.91. The fourth-order valence-corrected chi connectivity index (χ4v) is 1.11. The molecule has 1 atom stereocenters. The molecule has 0 aliphatic rings. The average Bonchev–Trinajstić information content (AvgIpc) is 2.74. The van der Waals surface area contributed by atoms with Crippen molar-refractivity contribution in [3.8, 4) is 5.75 Å². The number of nitrogens with one attached hydrogen (secondary N) is 1. The molecule has 0 saturated heterocycles. The fourth-order valence-electron chi connectivity index (χ4n) is 1.11.